The second-order valence-electron chi connectivity index (χ2n) is 6.73. The Hall–Kier alpha value is -2.20. The van der Waals surface area contributed by atoms with Crippen LogP contribution in [-0.2, 0) is 9.59 Å². The summed E-state index contributed by atoms with van der Waals surface area (Å²) in [6, 6.07) is 21.2. The van der Waals surface area contributed by atoms with Crippen LogP contribution >= 0.6 is 12.2 Å². The number of rotatable bonds is 2. The predicted molar refractivity (Wildman–Crippen MR) is 125 cm³/mol. The first-order valence-corrected chi connectivity index (χ1v) is 13.6. The average molecular weight is 592 g/mol. The first-order valence-electron chi connectivity index (χ1n) is 9.14. The third kappa shape index (κ3) is 3.35. The number of benzene rings is 2. The summed E-state index contributed by atoms with van der Waals surface area (Å²) in [7, 11) is 1.57. The fourth-order valence-electron chi connectivity index (χ4n) is 3.37. The number of thiocarbonyl (C=S) groups is 1. The number of carbonyl (C=O) groups is 2. The maximum atomic E-state index is 12.5. The molecule has 2 amide bonds. The molecule has 5 rings (SSSR count). The van der Waals surface area contributed by atoms with Crippen molar-refractivity contribution in [1.29, 1.82) is 0 Å². The van der Waals surface area contributed by atoms with Crippen LogP contribution in [0.4, 0.5) is 15.1 Å². The summed E-state index contributed by atoms with van der Waals surface area (Å²) < 4.78 is 5.01. The third-order valence-electron chi connectivity index (χ3n) is 4.86. The van der Waals surface area contributed by atoms with Crippen LogP contribution in [0.1, 0.15) is 3.58 Å². The van der Waals surface area contributed by atoms with Crippen LogP contribution in [0.5, 0.6) is 0 Å². The molecular weight excluding hydrogens is 577 g/mol. The summed E-state index contributed by atoms with van der Waals surface area (Å²) in [5, 5.41) is 2.72. The number of hydrogen-bond acceptors (Lipinski definition) is 4. The minimum absolute atomic E-state index is 0.139. The van der Waals surface area contributed by atoms with Crippen molar-refractivity contribution in [1.82, 2.24) is 10.2 Å². The number of carbonyl (C=O) groups excluding carboxylic acids is 2. The third-order valence-corrected chi connectivity index (χ3v) is 10.5. The first kappa shape index (κ1) is 19.7. The van der Waals surface area contributed by atoms with Crippen molar-refractivity contribution in [3.8, 4) is 0 Å². The molecule has 3 heterocycles. The van der Waals surface area contributed by atoms with E-state index in [1.807, 2.05) is 6.07 Å². The predicted octanol–water partition coefficient (Wildman–Crippen LogP) is 1.44. The minimum atomic E-state index is -0.781. The molecule has 2 aliphatic rings. The molecule has 1 fully saturated rings. The van der Waals surface area contributed by atoms with Crippen molar-refractivity contribution >= 4 is 94.6 Å². The molecule has 148 valence electrons. The number of likely N-dealkylation sites (N-methyl/N-ethyl adjacent to an activating group) is 1. The Kier molecular flexibility index (Phi) is 5.14. The standard InChI is InChI=1S/C22H15N3O2SSeTe/c1-24-21(27)14(20(26)23-22(24)28)12-13-10-11-19(30-13)25-15-6-2-4-8-17(15)29-18-9-5-3-7-16(18)25/h2-12H,1H3,(H,23,26,28)/b14-12+. The van der Waals surface area contributed by atoms with Crippen LogP contribution in [0.15, 0.2) is 66.2 Å². The van der Waals surface area contributed by atoms with Crippen molar-refractivity contribution in [3.05, 3.63) is 69.8 Å². The first-order chi connectivity index (χ1) is 14.5. The Morgan fingerprint density at radius 3 is 2.27 bits per heavy atom. The number of nitrogens with one attached hydrogen (secondary N) is 1. The van der Waals surface area contributed by atoms with Crippen molar-refractivity contribution in [3.63, 3.8) is 0 Å². The van der Waals surface area contributed by atoms with E-state index in [0.717, 1.165) is 3.58 Å². The molecule has 30 heavy (non-hydrogen) atoms. The molecule has 0 aliphatic carbocycles. The fraction of sp³-hybridized carbons (Fsp3) is 0.0455. The number of amides is 2. The van der Waals surface area contributed by atoms with Gasteiger partial charge in [-0.15, -0.1) is 0 Å². The van der Waals surface area contributed by atoms with E-state index in [9.17, 15) is 9.59 Å². The maximum absolute atomic E-state index is 12.5. The summed E-state index contributed by atoms with van der Waals surface area (Å²) in [6.07, 6.45) is 1.73. The second-order valence-corrected chi connectivity index (χ2v) is 12.5. The van der Waals surface area contributed by atoms with E-state index in [1.54, 1.807) is 13.1 Å². The quantitative estimate of drug-likeness (QED) is 0.166. The molecule has 0 radical (unpaired) electrons. The van der Waals surface area contributed by atoms with Crippen LogP contribution in [0.3, 0.4) is 0 Å². The van der Waals surface area contributed by atoms with E-state index in [4.69, 9.17) is 12.2 Å². The van der Waals surface area contributed by atoms with Gasteiger partial charge in [-0.05, 0) is 0 Å². The molecule has 5 nitrogen and oxygen atoms in total. The van der Waals surface area contributed by atoms with Gasteiger partial charge in [-0.2, -0.15) is 0 Å². The number of nitrogens with zero attached hydrogens (tertiary/aromatic N) is 2. The molecule has 1 aromatic heterocycles. The normalized spacial score (nSPS) is 17.1. The molecule has 0 saturated carbocycles. The molecule has 0 bridgehead atoms. The topological polar surface area (TPSA) is 52.7 Å². The van der Waals surface area contributed by atoms with Gasteiger partial charge in [0.05, 0.1) is 0 Å². The van der Waals surface area contributed by atoms with Crippen LogP contribution < -0.4 is 19.1 Å². The summed E-state index contributed by atoms with van der Waals surface area (Å²) in [5.74, 6) is -0.789. The van der Waals surface area contributed by atoms with Gasteiger partial charge in [0, 0.05) is 0 Å². The van der Waals surface area contributed by atoms with Crippen molar-refractivity contribution in [2.75, 3.05) is 11.9 Å². The summed E-state index contributed by atoms with van der Waals surface area (Å²) in [6.45, 7) is 0. The van der Waals surface area contributed by atoms with Gasteiger partial charge in [0.25, 0.3) is 0 Å². The molecule has 1 saturated heterocycles. The number of hydrogen-bond donors (Lipinski definition) is 1. The molecule has 2 aliphatic heterocycles. The van der Waals surface area contributed by atoms with E-state index in [0.29, 0.717) is 0 Å². The van der Waals surface area contributed by atoms with Crippen LogP contribution in [0.25, 0.3) is 6.08 Å². The molecule has 1 N–H and O–H groups in total. The van der Waals surface area contributed by atoms with E-state index >= 15 is 0 Å². The second kappa shape index (κ2) is 7.81. The SMILES string of the molecule is CN1C(=O)/C(=C/c2ccc(N3c4ccccc4[Se]c4ccccc43)[te]2)C(=O)NC1=S. The fourth-order valence-corrected chi connectivity index (χ4v) is 8.56. The Morgan fingerprint density at radius 1 is 0.967 bits per heavy atom. The zero-order valence-corrected chi connectivity index (χ0v) is 20.6. The monoisotopic (exact) mass is 595 g/mol. The molecular formula is C22H15N3O2SSeTe. The molecule has 0 unspecified atom stereocenters. The molecule has 0 spiro atoms. The molecule has 2 aromatic carbocycles. The van der Waals surface area contributed by atoms with Gasteiger partial charge in [0.15, 0.2) is 0 Å². The Balaban J connectivity index is 1.56. The molecule has 8 heteroatoms. The van der Waals surface area contributed by atoms with Gasteiger partial charge >= 0.3 is 196 Å². The number of para-hydroxylation sites is 2. The van der Waals surface area contributed by atoms with Gasteiger partial charge < -0.3 is 0 Å². The van der Waals surface area contributed by atoms with E-state index in [1.165, 1.54) is 28.9 Å². The number of fused-ring (bicyclic) bond motifs is 2. The summed E-state index contributed by atoms with van der Waals surface area (Å²) >= 11 is 4.51. The Labute approximate surface area is 195 Å². The molecule has 3 aromatic rings. The Morgan fingerprint density at radius 2 is 1.60 bits per heavy atom. The summed E-state index contributed by atoms with van der Waals surface area (Å²) in [4.78, 5) is 28.5. The van der Waals surface area contributed by atoms with Gasteiger partial charge in [0.2, 0.25) is 0 Å². The van der Waals surface area contributed by atoms with E-state index in [2.05, 4.69) is 64.8 Å². The Bertz CT molecular complexity index is 1210. The van der Waals surface area contributed by atoms with Gasteiger partial charge in [-0.3, -0.25) is 0 Å². The zero-order valence-electron chi connectivity index (χ0n) is 15.8. The van der Waals surface area contributed by atoms with E-state index in [-0.39, 0.29) is 31.5 Å². The van der Waals surface area contributed by atoms with E-state index < -0.39 is 26.3 Å². The van der Waals surface area contributed by atoms with Crippen molar-refractivity contribution in [2.24, 2.45) is 0 Å². The van der Waals surface area contributed by atoms with Crippen LogP contribution in [-0.4, -0.2) is 64.3 Å². The average Bonchev–Trinajstić information content (AvgIpc) is 3.21. The van der Waals surface area contributed by atoms with Crippen molar-refractivity contribution < 1.29 is 9.59 Å². The number of anilines is 3. The van der Waals surface area contributed by atoms with Crippen molar-refractivity contribution in [2.45, 2.75) is 0 Å². The van der Waals surface area contributed by atoms with Gasteiger partial charge in [-0.1, -0.05) is 0 Å². The van der Waals surface area contributed by atoms with Crippen LogP contribution in [0.2, 0.25) is 0 Å². The molecule has 0 atom stereocenters. The zero-order chi connectivity index (χ0) is 20.8. The van der Waals surface area contributed by atoms with Crippen LogP contribution in [0, 0.1) is 0 Å². The van der Waals surface area contributed by atoms with Gasteiger partial charge in [0.1, 0.15) is 0 Å². The summed E-state index contributed by atoms with van der Waals surface area (Å²) in [5.41, 5.74) is 2.60. The van der Waals surface area contributed by atoms with Gasteiger partial charge in [-0.25, -0.2) is 0 Å².